The van der Waals surface area contributed by atoms with Gasteiger partial charge in [0.15, 0.2) is 16.6 Å². The molecule has 238 valence electrons. The van der Waals surface area contributed by atoms with Crippen LogP contribution in [0.2, 0.25) is 0 Å². The van der Waals surface area contributed by atoms with Crippen LogP contribution in [0, 0.1) is 0 Å². The number of aliphatic hydroxyl groups is 1. The van der Waals surface area contributed by atoms with Gasteiger partial charge in [0.1, 0.15) is 30.0 Å². The number of carbonyl (C=O) groups is 2. The molecule has 2 atom stereocenters. The minimum Gasteiger partial charge on any atom is -0.507 e. The normalized spacial score (nSPS) is 18.3. The number of Topliss-reactive ketones (excluding diaryl/α,β-unsaturated/α-hetero) is 1. The maximum Gasteiger partial charge on any atom is 0.301 e. The Labute approximate surface area is 275 Å². The van der Waals surface area contributed by atoms with Crippen LogP contribution in [0.15, 0.2) is 90.5 Å². The van der Waals surface area contributed by atoms with Crippen LogP contribution in [0.4, 0.5) is 5.13 Å². The Kier molecular flexibility index (Phi) is 8.03. The Morgan fingerprint density at radius 2 is 1.83 bits per heavy atom. The maximum atomic E-state index is 13.9. The van der Waals surface area contributed by atoms with Crippen LogP contribution < -0.4 is 23.8 Å². The number of nitrogens with zero attached hydrogens (tertiary/aromatic N) is 2. The van der Waals surface area contributed by atoms with Crippen LogP contribution >= 0.6 is 11.3 Å². The van der Waals surface area contributed by atoms with E-state index in [9.17, 15) is 14.7 Å². The first kappa shape index (κ1) is 30.3. The number of aliphatic hydroxyl groups excluding tert-OH is 1. The van der Waals surface area contributed by atoms with E-state index in [2.05, 4.69) is 0 Å². The average Bonchev–Trinajstić information content (AvgIpc) is 3.75. The van der Waals surface area contributed by atoms with E-state index in [0.717, 1.165) is 21.6 Å². The zero-order valence-corrected chi connectivity index (χ0v) is 26.9. The molecule has 9 nitrogen and oxygen atoms in total. The average molecular weight is 649 g/mol. The summed E-state index contributed by atoms with van der Waals surface area (Å²) in [5.41, 5.74) is 3.50. The van der Waals surface area contributed by atoms with Crippen molar-refractivity contribution in [3.05, 3.63) is 113 Å². The topological polar surface area (TPSA) is 107 Å². The lowest BCUT2D eigenvalue weighted by Gasteiger charge is -2.24. The Morgan fingerprint density at radius 1 is 1.00 bits per heavy atom. The predicted molar refractivity (Wildman–Crippen MR) is 180 cm³/mol. The molecule has 2 unspecified atom stereocenters. The Bertz CT molecular complexity index is 2040. The van der Waals surface area contributed by atoms with E-state index in [1.165, 1.54) is 16.2 Å². The van der Waals surface area contributed by atoms with Crippen LogP contribution in [0.5, 0.6) is 23.0 Å². The van der Waals surface area contributed by atoms with Gasteiger partial charge in [0, 0.05) is 12.0 Å². The molecule has 5 aromatic rings. The number of fused-ring (bicyclic) bond motifs is 2. The highest BCUT2D eigenvalue weighted by atomic mass is 32.1. The molecule has 2 aliphatic heterocycles. The number of rotatable bonds is 9. The van der Waals surface area contributed by atoms with Gasteiger partial charge in [-0.15, -0.1) is 0 Å². The molecular weight excluding hydrogens is 616 g/mol. The predicted octanol–water partition coefficient (Wildman–Crippen LogP) is 7.23. The van der Waals surface area contributed by atoms with Crippen molar-refractivity contribution in [2.75, 3.05) is 18.6 Å². The van der Waals surface area contributed by atoms with E-state index in [1.54, 1.807) is 49.6 Å². The number of ketones is 1. The molecule has 1 fully saturated rings. The van der Waals surface area contributed by atoms with Crippen LogP contribution in [0.1, 0.15) is 42.1 Å². The zero-order valence-electron chi connectivity index (χ0n) is 26.1. The number of aromatic nitrogens is 1. The van der Waals surface area contributed by atoms with Gasteiger partial charge in [-0.3, -0.25) is 14.5 Å². The fraction of sp³-hybridized carbons (Fsp3) is 0.216. The van der Waals surface area contributed by atoms with Crippen molar-refractivity contribution in [3.63, 3.8) is 0 Å². The fourth-order valence-electron chi connectivity index (χ4n) is 6.01. The standard InChI is InChI=1S/C37H32N2O7S/c1-4-44-30-18-23(10-15-29(30)45-20-22-8-6-5-7-9-22)33-32(34(40)24-11-14-28-25(17-24)16-21(2)46-28)35(41)36(42)39(33)37-38-27-13-12-26(43-3)19-31(27)47-37/h5-15,17-19,21,33,40H,4,16,20H2,1-3H3/b34-32+. The molecule has 3 heterocycles. The van der Waals surface area contributed by atoms with Gasteiger partial charge in [0.25, 0.3) is 5.78 Å². The van der Waals surface area contributed by atoms with Crippen molar-refractivity contribution >= 4 is 44.1 Å². The largest absolute Gasteiger partial charge is 0.507 e. The highest BCUT2D eigenvalue weighted by molar-refractivity contribution is 7.22. The summed E-state index contributed by atoms with van der Waals surface area (Å²) in [6.07, 6.45) is 0.677. The number of carbonyl (C=O) groups excluding carboxylic acids is 2. The number of hydrogen-bond donors (Lipinski definition) is 1. The van der Waals surface area contributed by atoms with Gasteiger partial charge >= 0.3 is 5.91 Å². The van der Waals surface area contributed by atoms with E-state index < -0.39 is 17.7 Å². The number of methoxy groups -OCH3 is 1. The first-order chi connectivity index (χ1) is 22.8. The maximum absolute atomic E-state index is 13.9. The van der Waals surface area contributed by atoms with Crippen LogP contribution in [-0.2, 0) is 22.6 Å². The van der Waals surface area contributed by atoms with Gasteiger partial charge in [0.05, 0.1) is 35.5 Å². The van der Waals surface area contributed by atoms with Crippen molar-refractivity contribution in [1.82, 2.24) is 4.98 Å². The monoisotopic (exact) mass is 648 g/mol. The van der Waals surface area contributed by atoms with E-state index in [0.29, 0.717) is 58.7 Å². The number of benzene rings is 4. The Hall–Kier alpha value is -5.35. The van der Waals surface area contributed by atoms with E-state index in [4.69, 9.17) is 23.9 Å². The van der Waals surface area contributed by atoms with Crippen molar-refractivity contribution in [2.45, 2.75) is 39.0 Å². The molecule has 10 heteroatoms. The van der Waals surface area contributed by atoms with Gasteiger partial charge in [-0.25, -0.2) is 4.98 Å². The first-order valence-corrected chi connectivity index (χ1v) is 16.1. The minimum atomic E-state index is -0.997. The van der Waals surface area contributed by atoms with Gasteiger partial charge in [-0.1, -0.05) is 47.7 Å². The zero-order chi connectivity index (χ0) is 32.7. The number of amides is 1. The molecule has 0 radical (unpaired) electrons. The molecular formula is C37H32N2O7S. The third-order valence-electron chi connectivity index (χ3n) is 8.22. The molecule has 0 bridgehead atoms. The highest BCUT2D eigenvalue weighted by Crippen LogP contribution is 2.46. The molecule has 1 saturated heterocycles. The van der Waals surface area contributed by atoms with Crippen LogP contribution in [0.25, 0.3) is 16.0 Å². The van der Waals surface area contributed by atoms with E-state index in [1.807, 2.05) is 56.3 Å². The smallest absolute Gasteiger partial charge is 0.301 e. The van der Waals surface area contributed by atoms with Crippen molar-refractivity contribution in [3.8, 4) is 23.0 Å². The van der Waals surface area contributed by atoms with E-state index in [-0.39, 0.29) is 17.4 Å². The number of ether oxygens (including phenoxy) is 4. The summed E-state index contributed by atoms with van der Waals surface area (Å²) in [6, 6.07) is 24.8. The number of anilines is 1. The summed E-state index contributed by atoms with van der Waals surface area (Å²) in [5, 5.41) is 12.1. The second kappa shape index (κ2) is 12.4. The number of thiazole rings is 1. The lowest BCUT2D eigenvalue weighted by molar-refractivity contribution is -0.132. The summed E-state index contributed by atoms with van der Waals surface area (Å²) < 4.78 is 24.2. The summed E-state index contributed by atoms with van der Waals surface area (Å²) in [5.74, 6) is 0.473. The fourth-order valence-corrected chi connectivity index (χ4v) is 7.03. The third-order valence-corrected chi connectivity index (χ3v) is 9.24. The van der Waals surface area contributed by atoms with Crippen LogP contribution in [0.3, 0.4) is 0 Å². The third kappa shape index (κ3) is 5.65. The quantitative estimate of drug-likeness (QED) is 0.101. The Morgan fingerprint density at radius 3 is 2.62 bits per heavy atom. The SMILES string of the molecule is CCOc1cc(C2/C(=C(\O)c3ccc4c(c3)CC(C)O4)C(=O)C(=O)N2c2nc3ccc(OC)cc3s2)ccc1OCc1ccccc1. The first-order valence-electron chi connectivity index (χ1n) is 15.3. The second-order valence-corrected chi connectivity index (χ2v) is 12.4. The summed E-state index contributed by atoms with van der Waals surface area (Å²) in [4.78, 5) is 33.9. The van der Waals surface area contributed by atoms with Gasteiger partial charge in [0.2, 0.25) is 0 Å². The van der Waals surface area contributed by atoms with Crippen molar-refractivity contribution < 1.29 is 33.6 Å². The Balaban J connectivity index is 1.36. The van der Waals surface area contributed by atoms with Gasteiger partial charge in [-0.05, 0) is 79.1 Å². The lowest BCUT2D eigenvalue weighted by atomic mass is 9.94. The highest BCUT2D eigenvalue weighted by Gasteiger charge is 2.48. The minimum absolute atomic E-state index is 0.00486. The summed E-state index contributed by atoms with van der Waals surface area (Å²) in [6.45, 7) is 4.53. The van der Waals surface area contributed by atoms with Crippen LogP contribution in [-0.4, -0.2) is 41.6 Å². The summed E-state index contributed by atoms with van der Waals surface area (Å²) in [7, 11) is 1.58. The molecule has 1 N–H and O–H groups in total. The second-order valence-electron chi connectivity index (χ2n) is 11.4. The lowest BCUT2D eigenvalue weighted by Crippen LogP contribution is -2.29. The van der Waals surface area contributed by atoms with Gasteiger partial charge in [-0.2, -0.15) is 0 Å². The number of hydrogen-bond acceptors (Lipinski definition) is 9. The molecule has 0 saturated carbocycles. The molecule has 0 spiro atoms. The molecule has 0 aliphatic carbocycles. The molecule has 7 rings (SSSR count). The molecule has 47 heavy (non-hydrogen) atoms. The van der Waals surface area contributed by atoms with Gasteiger partial charge < -0.3 is 24.1 Å². The van der Waals surface area contributed by atoms with E-state index >= 15 is 0 Å². The molecule has 4 aromatic carbocycles. The van der Waals surface area contributed by atoms with Crippen molar-refractivity contribution in [1.29, 1.82) is 0 Å². The molecule has 1 aromatic heterocycles. The molecule has 2 aliphatic rings. The summed E-state index contributed by atoms with van der Waals surface area (Å²) >= 11 is 1.26. The molecule has 1 amide bonds. The van der Waals surface area contributed by atoms with Crippen molar-refractivity contribution in [2.24, 2.45) is 0 Å².